The van der Waals surface area contributed by atoms with Gasteiger partial charge in [0, 0.05) is 17.1 Å². The van der Waals surface area contributed by atoms with Crippen molar-refractivity contribution < 1.29 is 19.1 Å². The molecule has 2 aromatic carbocycles. The Morgan fingerprint density at radius 2 is 1.74 bits per heavy atom. The van der Waals surface area contributed by atoms with Gasteiger partial charge in [-0.3, -0.25) is 14.9 Å². The highest BCUT2D eigenvalue weighted by Gasteiger charge is 2.38. The molecule has 1 fully saturated rings. The lowest BCUT2D eigenvalue weighted by molar-refractivity contribution is -0.122. The number of nitrogens with one attached hydrogen (secondary N) is 1. The molecule has 0 radical (unpaired) electrons. The monoisotopic (exact) mass is 497 g/mol. The Balaban J connectivity index is 1.74. The molecular formula is C25H21Cl2N3O4. The third-order valence-corrected chi connectivity index (χ3v) is 6.26. The van der Waals surface area contributed by atoms with Crippen molar-refractivity contribution in [3.8, 4) is 11.4 Å². The van der Waals surface area contributed by atoms with Gasteiger partial charge >= 0.3 is 6.03 Å². The van der Waals surface area contributed by atoms with Gasteiger partial charge in [-0.25, -0.2) is 9.69 Å². The van der Waals surface area contributed by atoms with Crippen LogP contribution in [-0.2, 0) is 9.59 Å². The predicted molar refractivity (Wildman–Crippen MR) is 132 cm³/mol. The Labute approximate surface area is 206 Å². The molecule has 4 amide bonds. The number of carbonyl (C=O) groups is 3. The van der Waals surface area contributed by atoms with Gasteiger partial charge in [-0.15, -0.1) is 0 Å². The summed E-state index contributed by atoms with van der Waals surface area (Å²) in [5.41, 5.74) is 3.20. The van der Waals surface area contributed by atoms with Crippen molar-refractivity contribution in [2.24, 2.45) is 0 Å². The van der Waals surface area contributed by atoms with Crippen molar-refractivity contribution >= 4 is 52.8 Å². The number of hydrogen-bond acceptors (Lipinski definition) is 4. The second-order valence-electron chi connectivity index (χ2n) is 7.62. The number of imide groups is 2. The van der Waals surface area contributed by atoms with Crippen LogP contribution in [0.4, 0.5) is 10.5 Å². The first kappa shape index (κ1) is 23.6. The van der Waals surface area contributed by atoms with Crippen LogP contribution in [0.3, 0.4) is 0 Å². The Kier molecular flexibility index (Phi) is 6.50. The molecule has 1 N–H and O–H groups in total. The lowest BCUT2D eigenvalue weighted by Crippen LogP contribution is -2.54. The lowest BCUT2D eigenvalue weighted by Gasteiger charge is -2.27. The fraction of sp³-hybridized carbons (Fsp3) is 0.160. The maximum atomic E-state index is 13.2. The Bertz CT molecular complexity index is 1340. The van der Waals surface area contributed by atoms with E-state index in [4.69, 9.17) is 27.9 Å². The minimum atomic E-state index is -0.892. The summed E-state index contributed by atoms with van der Waals surface area (Å²) < 4.78 is 7.51. The lowest BCUT2D eigenvalue weighted by atomic mass is 10.1. The average Bonchev–Trinajstić information content (AvgIpc) is 3.07. The summed E-state index contributed by atoms with van der Waals surface area (Å²) in [4.78, 5) is 39.1. The number of aromatic nitrogens is 1. The van der Waals surface area contributed by atoms with E-state index in [2.05, 4.69) is 5.32 Å². The SMILES string of the molecule is CCOc1ccc(-n2c(C)cc(/C=C3\C(=O)NC(=O)N(c4cccc(Cl)c4Cl)C3=O)c2C)cc1. The topological polar surface area (TPSA) is 80.6 Å². The molecule has 0 spiro atoms. The van der Waals surface area contributed by atoms with Crippen LogP contribution < -0.4 is 15.0 Å². The zero-order valence-electron chi connectivity index (χ0n) is 18.7. The standard InChI is InChI=1S/C25H21Cl2N3O4/c1-4-34-18-10-8-17(9-11-18)29-14(2)12-16(15(29)3)13-19-23(31)28-25(33)30(24(19)32)21-7-5-6-20(26)22(21)27/h5-13H,4H2,1-3H3,(H,28,31,33)/b19-13+. The zero-order valence-corrected chi connectivity index (χ0v) is 20.2. The zero-order chi connectivity index (χ0) is 24.6. The number of benzene rings is 2. The van der Waals surface area contributed by atoms with Crippen LogP contribution in [0, 0.1) is 13.8 Å². The summed E-state index contributed by atoms with van der Waals surface area (Å²) in [6.07, 6.45) is 1.48. The van der Waals surface area contributed by atoms with Gasteiger partial charge in [-0.1, -0.05) is 29.3 Å². The molecule has 1 aliphatic heterocycles. The Morgan fingerprint density at radius 3 is 2.41 bits per heavy atom. The third-order valence-electron chi connectivity index (χ3n) is 5.45. The second-order valence-corrected chi connectivity index (χ2v) is 8.40. The molecule has 7 nitrogen and oxygen atoms in total. The van der Waals surface area contributed by atoms with E-state index in [1.165, 1.54) is 18.2 Å². The summed E-state index contributed by atoms with van der Waals surface area (Å²) in [7, 11) is 0. The highest BCUT2D eigenvalue weighted by Crippen LogP contribution is 2.34. The van der Waals surface area contributed by atoms with E-state index in [1.54, 1.807) is 6.07 Å². The summed E-state index contributed by atoms with van der Waals surface area (Å²) in [5.74, 6) is -0.802. The number of amides is 4. The van der Waals surface area contributed by atoms with E-state index >= 15 is 0 Å². The van der Waals surface area contributed by atoms with E-state index in [0.29, 0.717) is 12.2 Å². The molecule has 0 atom stereocenters. The van der Waals surface area contributed by atoms with Crippen LogP contribution in [0.25, 0.3) is 11.8 Å². The fourth-order valence-electron chi connectivity index (χ4n) is 3.89. The number of carbonyl (C=O) groups excluding carboxylic acids is 3. The first-order valence-electron chi connectivity index (χ1n) is 10.5. The maximum Gasteiger partial charge on any atom is 0.336 e. The molecule has 3 aromatic rings. The number of nitrogens with zero attached hydrogens (tertiary/aromatic N) is 2. The van der Waals surface area contributed by atoms with Crippen molar-refractivity contribution in [1.29, 1.82) is 0 Å². The molecule has 174 valence electrons. The molecule has 4 rings (SSSR count). The summed E-state index contributed by atoms with van der Waals surface area (Å²) in [6.45, 7) is 6.31. The molecule has 0 unspecified atom stereocenters. The number of anilines is 1. The number of barbiturate groups is 1. The van der Waals surface area contributed by atoms with E-state index in [-0.39, 0.29) is 21.3 Å². The van der Waals surface area contributed by atoms with Gasteiger partial charge in [0.15, 0.2) is 0 Å². The molecule has 1 aliphatic rings. The van der Waals surface area contributed by atoms with Crippen LogP contribution in [0.2, 0.25) is 10.0 Å². The molecule has 1 saturated heterocycles. The van der Waals surface area contributed by atoms with Crippen molar-refractivity contribution in [1.82, 2.24) is 9.88 Å². The van der Waals surface area contributed by atoms with Crippen LogP contribution in [0.1, 0.15) is 23.9 Å². The van der Waals surface area contributed by atoms with Crippen molar-refractivity contribution in [2.45, 2.75) is 20.8 Å². The summed E-state index contributed by atoms with van der Waals surface area (Å²) >= 11 is 12.3. The molecule has 0 bridgehead atoms. The molecule has 0 saturated carbocycles. The van der Waals surface area contributed by atoms with Gasteiger partial charge in [0.05, 0.1) is 22.3 Å². The maximum absolute atomic E-state index is 13.2. The molecule has 9 heteroatoms. The predicted octanol–water partition coefficient (Wildman–Crippen LogP) is 5.47. The smallest absolute Gasteiger partial charge is 0.336 e. The van der Waals surface area contributed by atoms with Crippen LogP contribution in [-0.4, -0.2) is 29.0 Å². The normalized spacial score (nSPS) is 15.1. The minimum absolute atomic E-state index is 0.0371. The van der Waals surface area contributed by atoms with Gasteiger partial charge < -0.3 is 9.30 Å². The first-order chi connectivity index (χ1) is 16.2. The van der Waals surface area contributed by atoms with Gasteiger partial charge in [-0.2, -0.15) is 0 Å². The number of halogens is 2. The van der Waals surface area contributed by atoms with Gasteiger partial charge in [0.25, 0.3) is 11.8 Å². The largest absolute Gasteiger partial charge is 0.494 e. The number of aryl methyl sites for hydroxylation is 1. The second kappa shape index (κ2) is 9.37. The molecular weight excluding hydrogens is 477 g/mol. The van der Waals surface area contributed by atoms with Crippen molar-refractivity contribution in [3.05, 3.63) is 81.1 Å². The fourth-order valence-corrected chi connectivity index (χ4v) is 4.27. The Morgan fingerprint density at radius 1 is 1.03 bits per heavy atom. The Hall–Kier alpha value is -3.55. The van der Waals surface area contributed by atoms with Crippen molar-refractivity contribution in [3.63, 3.8) is 0 Å². The number of urea groups is 1. The molecule has 34 heavy (non-hydrogen) atoms. The van der Waals surface area contributed by atoms with Crippen LogP contribution in [0.5, 0.6) is 5.75 Å². The number of ether oxygens (including phenoxy) is 1. The summed E-state index contributed by atoms with van der Waals surface area (Å²) in [6, 6.07) is 13.2. The first-order valence-corrected chi connectivity index (χ1v) is 11.3. The number of hydrogen-bond donors (Lipinski definition) is 1. The highest BCUT2D eigenvalue weighted by atomic mass is 35.5. The van der Waals surface area contributed by atoms with Crippen molar-refractivity contribution in [2.75, 3.05) is 11.5 Å². The quantitative estimate of drug-likeness (QED) is 0.374. The van der Waals surface area contributed by atoms with Gasteiger partial charge in [0.1, 0.15) is 11.3 Å². The van der Waals surface area contributed by atoms with Gasteiger partial charge in [-0.05, 0) is 74.9 Å². The average molecular weight is 498 g/mol. The minimum Gasteiger partial charge on any atom is -0.494 e. The van der Waals surface area contributed by atoms with Crippen LogP contribution in [0.15, 0.2) is 54.1 Å². The highest BCUT2D eigenvalue weighted by molar-refractivity contribution is 6.46. The van der Waals surface area contributed by atoms with E-state index < -0.39 is 17.8 Å². The third kappa shape index (κ3) is 4.20. The van der Waals surface area contributed by atoms with E-state index in [0.717, 1.165) is 27.7 Å². The van der Waals surface area contributed by atoms with E-state index in [9.17, 15) is 14.4 Å². The van der Waals surface area contributed by atoms with E-state index in [1.807, 2.05) is 55.7 Å². The molecule has 2 heterocycles. The summed E-state index contributed by atoms with van der Waals surface area (Å²) in [5, 5.41) is 2.42. The van der Waals surface area contributed by atoms with Gasteiger partial charge in [0.2, 0.25) is 0 Å². The molecule has 0 aliphatic carbocycles. The van der Waals surface area contributed by atoms with Crippen LogP contribution >= 0.6 is 23.2 Å². The number of rotatable bonds is 5. The molecule has 1 aromatic heterocycles.